The molecule has 0 spiro atoms. The fourth-order valence-electron chi connectivity index (χ4n) is 3.94. The zero-order valence-corrected chi connectivity index (χ0v) is 19.1. The lowest BCUT2D eigenvalue weighted by Gasteiger charge is -2.30. The van der Waals surface area contributed by atoms with Crippen molar-refractivity contribution in [3.8, 4) is 11.8 Å². The van der Waals surface area contributed by atoms with Crippen molar-refractivity contribution < 1.29 is 14.6 Å². The summed E-state index contributed by atoms with van der Waals surface area (Å²) in [5.74, 6) is 7.16. The molecule has 0 amide bonds. The van der Waals surface area contributed by atoms with Gasteiger partial charge in [0.25, 0.3) is 0 Å². The monoisotopic (exact) mass is 427 g/mol. The summed E-state index contributed by atoms with van der Waals surface area (Å²) >= 11 is 0. The molecule has 2 atom stereocenters. The van der Waals surface area contributed by atoms with Crippen LogP contribution >= 0.6 is 0 Å². The standard InChI is InChI=1S/C23H33N5O3/c1-6-17(7-2)25-20-19-21(28(14-24-19)22(29)31-15(3)4)27-18(26-20)10-12-23(30)11-8-9-16(5)13-23/h14-17,30H,6-9,11,13H2,1-5H3,(H,25,26,27)/t16-,23-/m1/s1. The van der Waals surface area contributed by atoms with Gasteiger partial charge in [-0.15, -0.1) is 0 Å². The molecule has 1 aliphatic rings. The number of rotatable bonds is 5. The van der Waals surface area contributed by atoms with Crippen LogP contribution in [0, 0.1) is 17.8 Å². The maximum absolute atomic E-state index is 12.5. The van der Waals surface area contributed by atoms with Crippen molar-refractivity contribution in [2.75, 3.05) is 5.32 Å². The van der Waals surface area contributed by atoms with Gasteiger partial charge in [0.15, 0.2) is 17.0 Å². The minimum atomic E-state index is -1.03. The van der Waals surface area contributed by atoms with Gasteiger partial charge in [0.2, 0.25) is 5.82 Å². The molecule has 2 heterocycles. The van der Waals surface area contributed by atoms with E-state index in [4.69, 9.17) is 4.74 Å². The van der Waals surface area contributed by atoms with Crippen LogP contribution in [0.5, 0.6) is 0 Å². The Balaban J connectivity index is 2.04. The summed E-state index contributed by atoms with van der Waals surface area (Å²) < 4.78 is 6.59. The number of hydrogen-bond donors (Lipinski definition) is 2. The van der Waals surface area contributed by atoms with E-state index < -0.39 is 11.7 Å². The van der Waals surface area contributed by atoms with Crippen LogP contribution in [0.25, 0.3) is 11.2 Å². The summed E-state index contributed by atoms with van der Waals surface area (Å²) in [6.45, 7) is 9.89. The Morgan fingerprint density at radius 1 is 1.39 bits per heavy atom. The van der Waals surface area contributed by atoms with E-state index in [1.807, 2.05) is 0 Å². The van der Waals surface area contributed by atoms with E-state index in [1.54, 1.807) is 13.8 Å². The Kier molecular flexibility index (Phi) is 7.16. The van der Waals surface area contributed by atoms with Gasteiger partial charge in [0.1, 0.15) is 11.9 Å². The van der Waals surface area contributed by atoms with Crippen molar-refractivity contribution >= 4 is 23.1 Å². The number of aromatic nitrogens is 4. The van der Waals surface area contributed by atoms with Gasteiger partial charge in [-0.3, -0.25) is 0 Å². The minimum Gasteiger partial charge on any atom is -0.446 e. The minimum absolute atomic E-state index is 0.204. The van der Waals surface area contributed by atoms with Crippen LogP contribution in [0.3, 0.4) is 0 Å². The summed E-state index contributed by atoms with van der Waals surface area (Å²) in [7, 11) is 0. The Morgan fingerprint density at radius 3 is 2.77 bits per heavy atom. The molecular weight excluding hydrogens is 394 g/mol. The third-order valence-electron chi connectivity index (χ3n) is 5.64. The van der Waals surface area contributed by atoms with E-state index in [9.17, 15) is 9.90 Å². The zero-order chi connectivity index (χ0) is 22.6. The topological polar surface area (TPSA) is 102 Å². The summed E-state index contributed by atoms with van der Waals surface area (Å²) in [5, 5.41) is 14.3. The van der Waals surface area contributed by atoms with Gasteiger partial charge >= 0.3 is 6.09 Å². The number of hydrogen-bond acceptors (Lipinski definition) is 7. The van der Waals surface area contributed by atoms with Crippen molar-refractivity contribution in [2.24, 2.45) is 5.92 Å². The number of carbonyl (C=O) groups is 1. The Labute approximate surface area is 183 Å². The molecule has 3 rings (SSSR count). The first-order chi connectivity index (χ1) is 14.7. The molecular formula is C23H33N5O3. The van der Waals surface area contributed by atoms with Gasteiger partial charge in [-0.2, -0.15) is 4.98 Å². The molecule has 0 radical (unpaired) electrons. The van der Waals surface area contributed by atoms with Gasteiger partial charge < -0.3 is 15.2 Å². The molecule has 31 heavy (non-hydrogen) atoms. The molecule has 0 aliphatic heterocycles. The van der Waals surface area contributed by atoms with E-state index in [0.29, 0.717) is 35.7 Å². The highest BCUT2D eigenvalue weighted by atomic mass is 16.6. The number of nitrogens with zero attached hydrogens (tertiary/aromatic N) is 4. The Morgan fingerprint density at radius 2 is 2.13 bits per heavy atom. The third kappa shape index (κ3) is 5.53. The molecule has 0 bridgehead atoms. The van der Waals surface area contributed by atoms with E-state index in [0.717, 1.165) is 25.7 Å². The van der Waals surface area contributed by atoms with Gasteiger partial charge in [-0.25, -0.2) is 19.3 Å². The molecule has 2 N–H and O–H groups in total. The van der Waals surface area contributed by atoms with Gasteiger partial charge in [0.05, 0.1) is 6.10 Å². The molecule has 168 valence electrons. The largest absolute Gasteiger partial charge is 0.446 e. The van der Waals surface area contributed by atoms with Gasteiger partial charge in [-0.1, -0.05) is 33.1 Å². The number of ether oxygens (including phenoxy) is 1. The highest BCUT2D eigenvalue weighted by Crippen LogP contribution is 2.31. The molecule has 1 aliphatic carbocycles. The fourth-order valence-corrected chi connectivity index (χ4v) is 3.94. The molecule has 0 aromatic carbocycles. The predicted octanol–water partition coefficient (Wildman–Crippen LogP) is 4.11. The zero-order valence-electron chi connectivity index (χ0n) is 19.1. The van der Waals surface area contributed by atoms with Crippen LogP contribution in [0.15, 0.2) is 6.33 Å². The Bertz CT molecular complexity index is 986. The lowest BCUT2D eigenvalue weighted by Crippen LogP contribution is -2.32. The van der Waals surface area contributed by atoms with Crippen molar-refractivity contribution in [1.82, 2.24) is 19.5 Å². The second kappa shape index (κ2) is 9.65. The first-order valence-corrected chi connectivity index (χ1v) is 11.2. The number of nitrogens with one attached hydrogen (secondary N) is 1. The van der Waals surface area contributed by atoms with Crippen LogP contribution in [0.2, 0.25) is 0 Å². The van der Waals surface area contributed by atoms with Gasteiger partial charge in [-0.05, 0) is 57.8 Å². The molecule has 2 aromatic rings. The van der Waals surface area contributed by atoms with Crippen molar-refractivity contribution in [2.45, 2.75) is 90.9 Å². The molecule has 8 heteroatoms. The van der Waals surface area contributed by atoms with E-state index in [2.05, 4.69) is 52.9 Å². The quantitative estimate of drug-likeness (QED) is 0.692. The number of imidazole rings is 1. The SMILES string of the molecule is CCC(CC)Nc1nc(C#C[C@]2(O)CCC[C@@H](C)C2)nc2c1ncn2C(=O)OC(C)C. The molecule has 8 nitrogen and oxygen atoms in total. The number of anilines is 1. The molecule has 2 aromatic heterocycles. The van der Waals surface area contributed by atoms with E-state index in [1.165, 1.54) is 10.9 Å². The Hall–Kier alpha value is -2.66. The smallest absolute Gasteiger partial charge is 0.421 e. The van der Waals surface area contributed by atoms with Crippen LogP contribution in [-0.2, 0) is 4.74 Å². The number of fused-ring (bicyclic) bond motifs is 1. The second-order valence-corrected chi connectivity index (χ2v) is 8.76. The van der Waals surface area contributed by atoms with Gasteiger partial charge in [0, 0.05) is 6.04 Å². The highest BCUT2D eigenvalue weighted by molar-refractivity contribution is 5.90. The summed E-state index contributed by atoms with van der Waals surface area (Å²) in [6.07, 6.45) is 5.74. The van der Waals surface area contributed by atoms with Crippen molar-refractivity contribution in [1.29, 1.82) is 0 Å². The normalized spacial score (nSPS) is 21.2. The van der Waals surface area contributed by atoms with E-state index in [-0.39, 0.29) is 18.0 Å². The van der Waals surface area contributed by atoms with Crippen LogP contribution in [0.1, 0.15) is 79.0 Å². The average Bonchev–Trinajstić information content (AvgIpc) is 3.14. The maximum atomic E-state index is 12.5. The average molecular weight is 428 g/mol. The van der Waals surface area contributed by atoms with E-state index >= 15 is 0 Å². The first-order valence-electron chi connectivity index (χ1n) is 11.2. The maximum Gasteiger partial charge on any atom is 0.421 e. The molecule has 0 saturated heterocycles. The lowest BCUT2D eigenvalue weighted by molar-refractivity contribution is 0.0410. The summed E-state index contributed by atoms with van der Waals surface area (Å²) in [5.41, 5.74) is -0.207. The van der Waals surface area contributed by atoms with Crippen LogP contribution in [0.4, 0.5) is 10.6 Å². The molecule has 0 unspecified atom stereocenters. The third-order valence-corrected chi connectivity index (χ3v) is 5.64. The van der Waals surface area contributed by atoms with Crippen LogP contribution in [-0.4, -0.2) is 48.5 Å². The summed E-state index contributed by atoms with van der Waals surface area (Å²) in [6, 6.07) is 0.204. The number of aliphatic hydroxyl groups is 1. The fraction of sp³-hybridized carbons (Fsp3) is 0.652. The van der Waals surface area contributed by atoms with Crippen molar-refractivity contribution in [3.05, 3.63) is 12.2 Å². The predicted molar refractivity (Wildman–Crippen MR) is 120 cm³/mol. The first kappa shape index (κ1) is 23.0. The van der Waals surface area contributed by atoms with Crippen LogP contribution < -0.4 is 5.32 Å². The second-order valence-electron chi connectivity index (χ2n) is 8.76. The van der Waals surface area contributed by atoms with Crippen molar-refractivity contribution in [3.63, 3.8) is 0 Å². The molecule has 1 fully saturated rings. The lowest BCUT2D eigenvalue weighted by atomic mass is 9.79. The summed E-state index contributed by atoms with van der Waals surface area (Å²) in [4.78, 5) is 25.9. The highest BCUT2D eigenvalue weighted by Gasteiger charge is 2.30. The number of carbonyl (C=O) groups excluding carboxylic acids is 1. The molecule has 1 saturated carbocycles.